The molecule has 3 rings (SSSR count). The third-order valence-electron chi connectivity index (χ3n) is 3.45. The molecule has 0 fully saturated rings. The molecule has 1 amide bonds. The molecule has 1 N–H and O–H groups in total. The molecule has 3 nitrogen and oxygen atoms in total. The van der Waals surface area contributed by atoms with E-state index in [4.69, 9.17) is 16.0 Å². The summed E-state index contributed by atoms with van der Waals surface area (Å²) in [5.41, 5.74) is 2.06. The van der Waals surface area contributed by atoms with Gasteiger partial charge in [0.15, 0.2) is 5.76 Å². The van der Waals surface area contributed by atoms with Crippen LogP contribution in [0.25, 0.3) is 11.3 Å². The second-order valence-corrected chi connectivity index (χ2v) is 5.45. The SMILES string of the molecule is Cc1c(Cl)cccc1-c1ccc(C(=O)Nc2cccc(F)c2)o1. The van der Waals surface area contributed by atoms with Gasteiger partial charge in [-0.1, -0.05) is 29.8 Å². The van der Waals surface area contributed by atoms with E-state index in [1.54, 1.807) is 24.3 Å². The molecule has 0 atom stereocenters. The Hall–Kier alpha value is -2.59. The van der Waals surface area contributed by atoms with E-state index in [1.807, 2.05) is 19.1 Å². The van der Waals surface area contributed by atoms with Crippen LogP contribution in [0.5, 0.6) is 0 Å². The average molecular weight is 330 g/mol. The van der Waals surface area contributed by atoms with Gasteiger partial charge in [-0.15, -0.1) is 0 Å². The fourth-order valence-corrected chi connectivity index (χ4v) is 2.41. The van der Waals surface area contributed by atoms with Crippen molar-refractivity contribution in [2.45, 2.75) is 6.92 Å². The van der Waals surface area contributed by atoms with Crippen LogP contribution < -0.4 is 5.32 Å². The summed E-state index contributed by atoms with van der Waals surface area (Å²) in [5.74, 6) is -0.169. The van der Waals surface area contributed by atoms with Gasteiger partial charge in [0.1, 0.15) is 11.6 Å². The minimum Gasteiger partial charge on any atom is -0.451 e. The molecular weight excluding hydrogens is 317 g/mol. The van der Waals surface area contributed by atoms with Crippen LogP contribution in [0.4, 0.5) is 10.1 Å². The number of halogens is 2. The topological polar surface area (TPSA) is 42.2 Å². The standard InChI is InChI=1S/C18H13ClFNO2/c1-11-14(6-3-7-15(11)19)16-8-9-17(23-16)18(22)21-13-5-2-4-12(20)10-13/h2-10H,1H3,(H,21,22). The number of anilines is 1. The van der Waals surface area contributed by atoms with Gasteiger partial charge in [0.05, 0.1) is 0 Å². The molecule has 0 aliphatic carbocycles. The fraction of sp³-hybridized carbons (Fsp3) is 0.0556. The fourth-order valence-electron chi connectivity index (χ4n) is 2.24. The summed E-state index contributed by atoms with van der Waals surface area (Å²) >= 11 is 6.10. The number of hydrogen-bond donors (Lipinski definition) is 1. The number of benzene rings is 2. The highest BCUT2D eigenvalue weighted by atomic mass is 35.5. The van der Waals surface area contributed by atoms with Crippen LogP contribution in [0, 0.1) is 12.7 Å². The van der Waals surface area contributed by atoms with Crippen LogP contribution >= 0.6 is 11.6 Å². The Bertz CT molecular complexity index is 873. The van der Waals surface area contributed by atoms with Gasteiger partial charge in [0, 0.05) is 16.3 Å². The summed E-state index contributed by atoms with van der Waals surface area (Å²) in [5, 5.41) is 3.22. The molecule has 116 valence electrons. The second-order valence-electron chi connectivity index (χ2n) is 5.04. The number of hydrogen-bond acceptors (Lipinski definition) is 2. The number of nitrogens with one attached hydrogen (secondary N) is 1. The van der Waals surface area contributed by atoms with Gasteiger partial charge in [-0.25, -0.2) is 4.39 Å². The zero-order valence-electron chi connectivity index (χ0n) is 12.3. The number of carbonyl (C=O) groups excluding carboxylic acids is 1. The van der Waals surface area contributed by atoms with E-state index >= 15 is 0 Å². The number of amides is 1. The van der Waals surface area contributed by atoms with E-state index in [2.05, 4.69) is 5.32 Å². The Kier molecular flexibility index (Phi) is 4.17. The summed E-state index contributed by atoms with van der Waals surface area (Å²) in [7, 11) is 0. The maximum Gasteiger partial charge on any atom is 0.291 e. The van der Waals surface area contributed by atoms with Crippen LogP contribution in [0.15, 0.2) is 59.0 Å². The zero-order valence-corrected chi connectivity index (χ0v) is 13.0. The lowest BCUT2D eigenvalue weighted by molar-refractivity contribution is 0.0997. The van der Waals surface area contributed by atoms with E-state index in [0.717, 1.165) is 11.1 Å². The average Bonchev–Trinajstić information content (AvgIpc) is 3.00. The highest BCUT2D eigenvalue weighted by molar-refractivity contribution is 6.31. The molecule has 0 aliphatic heterocycles. The van der Waals surface area contributed by atoms with E-state index in [0.29, 0.717) is 16.5 Å². The number of carbonyl (C=O) groups is 1. The van der Waals surface area contributed by atoms with Crippen molar-refractivity contribution in [3.63, 3.8) is 0 Å². The molecular formula is C18H13ClFNO2. The molecule has 0 radical (unpaired) electrons. The quantitative estimate of drug-likeness (QED) is 0.708. The highest BCUT2D eigenvalue weighted by Gasteiger charge is 2.14. The van der Waals surface area contributed by atoms with Crippen molar-refractivity contribution in [2.24, 2.45) is 0 Å². The lowest BCUT2D eigenvalue weighted by atomic mass is 10.1. The first-order chi connectivity index (χ1) is 11.0. The third kappa shape index (κ3) is 3.27. The Morgan fingerprint density at radius 1 is 1.13 bits per heavy atom. The minimum absolute atomic E-state index is 0.142. The summed E-state index contributed by atoms with van der Waals surface area (Å²) in [6, 6.07) is 14.4. The second kappa shape index (κ2) is 6.26. The Balaban J connectivity index is 1.84. The van der Waals surface area contributed by atoms with Gasteiger partial charge in [-0.05, 0) is 48.9 Å². The largest absolute Gasteiger partial charge is 0.451 e. The monoisotopic (exact) mass is 329 g/mol. The van der Waals surface area contributed by atoms with Crippen LogP contribution in [0.1, 0.15) is 16.1 Å². The summed E-state index contributed by atoms with van der Waals surface area (Å²) in [4.78, 5) is 12.2. The molecule has 2 aromatic carbocycles. The third-order valence-corrected chi connectivity index (χ3v) is 3.85. The molecule has 3 aromatic rings. The molecule has 1 heterocycles. The highest BCUT2D eigenvalue weighted by Crippen LogP contribution is 2.29. The zero-order chi connectivity index (χ0) is 16.4. The van der Waals surface area contributed by atoms with Crippen molar-refractivity contribution in [1.29, 1.82) is 0 Å². The van der Waals surface area contributed by atoms with Crippen LogP contribution in [0.2, 0.25) is 5.02 Å². The van der Waals surface area contributed by atoms with Crippen molar-refractivity contribution in [3.05, 3.63) is 76.8 Å². The Morgan fingerprint density at radius 2 is 1.91 bits per heavy atom. The lowest BCUT2D eigenvalue weighted by Crippen LogP contribution is -2.10. The molecule has 0 saturated carbocycles. The van der Waals surface area contributed by atoms with Crippen LogP contribution in [-0.2, 0) is 0 Å². The molecule has 0 bridgehead atoms. The Labute approximate surface area is 137 Å². The van der Waals surface area contributed by atoms with Crippen molar-refractivity contribution in [3.8, 4) is 11.3 Å². The van der Waals surface area contributed by atoms with Gasteiger partial charge in [-0.2, -0.15) is 0 Å². The van der Waals surface area contributed by atoms with Crippen molar-refractivity contribution in [2.75, 3.05) is 5.32 Å². The summed E-state index contributed by atoms with van der Waals surface area (Å²) in [6.45, 7) is 1.88. The summed E-state index contributed by atoms with van der Waals surface area (Å²) < 4.78 is 18.7. The first-order valence-electron chi connectivity index (χ1n) is 6.97. The maximum absolute atomic E-state index is 13.1. The predicted molar refractivity (Wildman–Crippen MR) is 88.2 cm³/mol. The van der Waals surface area contributed by atoms with E-state index in [-0.39, 0.29) is 5.76 Å². The van der Waals surface area contributed by atoms with Gasteiger partial charge in [0.2, 0.25) is 0 Å². The molecule has 5 heteroatoms. The van der Waals surface area contributed by atoms with E-state index < -0.39 is 11.7 Å². The van der Waals surface area contributed by atoms with E-state index in [9.17, 15) is 9.18 Å². The normalized spacial score (nSPS) is 10.6. The molecule has 0 unspecified atom stereocenters. The first-order valence-corrected chi connectivity index (χ1v) is 7.34. The Morgan fingerprint density at radius 3 is 2.70 bits per heavy atom. The molecule has 0 spiro atoms. The van der Waals surface area contributed by atoms with Crippen molar-refractivity contribution >= 4 is 23.2 Å². The lowest BCUT2D eigenvalue weighted by Gasteiger charge is -2.05. The van der Waals surface area contributed by atoms with Gasteiger partial charge < -0.3 is 9.73 Å². The van der Waals surface area contributed by atoms with Crippen molar-refractivity contribution in [1.82, 2.24) is 0 Å². The van der Waals surface area contributed by atoms with E-state index in [1.165, 1.54) is 18.2 Å². The van der Waals surface area contributed by atoms with Crippen LogP contribution in [0.3, 0.4) is 0 Å². The smallest absolute Gasteiger partial charge is 0.291 e. The number of rotatable bonds is 3. The molecule has 0 saturated heterocycles. The molecule has 23 heavy (non-hydrogen) atoms. The molecule has 1 aromatic heterocycles. The predicted octanol–water partition coefficient (Wildman–Crippen LogP) is 5.30. The summed E-state index contributed by atoms with van der Waals surface area (Å²) in [6.07, 6.45) is 0. The minimum atomic E-state index is -0.443. The maximum atomic E-state index is 13.1. The first kappa shape index (κ1) is 15.3. The van der Waals surface area contributed by atoms with Crippen molar-refractivity contribution < 1.29 is 13.6 Å². The van der Waals surface area contributed by atoms with Gasteiger partial charge >= 0.3 is 0 Å². The van der Waals surface area contributed by atoms with Gasteiger partial charge in [0.25, 0.3) is 5.91 Å². The molecule has 0 aliphatic rings. The van der Waals surface area contributed by atoms with Gasteiger partial charge in [-0.3, -0.25) is 4.79 Å². The number of furan rings is 1. The van der Waals surface area contributed by atoms with Crippen LogP contribution in [-0.4, -0.2) is 5.91 Å².